The fourth-order valence-corrected chi connectivity index (χ4v) is 2.78. The number of carbonyl (C=O) groups is 1. The molecule has 6 heteroatoms. The first kappa shape index (κ1) is 17.0. The number of hydrogen-bond acceptors (Lipinski definition) is 5. The van der Waals surface area contributed by atoms with Crippen LogP contribution in [0.4, 0.5) is 0 Å². The zero-order chi connectivity index (χ0) is 15.9. The van der Waals surface area contributed by atoms with E-state index in [2.05, 4.69) is 10.2 Å². The molecule has 124 valence electrons. The van der Waals surface area contributed by atoms with Crippen molar-refractivity contribution in [2.45, 2.75) is 32.7 Å². The van der Waals surface area contributed by atoms with Crippen LogP contribution in [0.2, 0.25) is 0 Å². The van der Waals surface area contributed by atoms with Crippen molar-refractivity contribution >= 4 is 5.91 Å². The van der Waals surface area contributed by atoms with Gasteiger partial charge in [-0.3, -0.25) is 4.79 Å². The summed E-state index contributed by atoms with van der Waals surface area (Å²) in [5.74, 6) is 1.40. The molecule has 1 aromatic rings. The lowest BCUT2D eigenvalue weighted by atomic mass is 10.0. The molecule has 0 aromatic carbocycles. The molecule has 1 aromatic heterocycles. The maximum Gasteiger partial charge on any atom is 0.255 e. The van der Waals surface area contributed by atoms with E-state index in [9.17, 15) is 4.79 Å². The van der Waals surface area contributed by atoms with E-state index in [1.54, 1.807) is 6.07 Å². The molecule has 22 heavy (non-hydrogen) atoms. The molecule has 2 N–H and O–H groups in total. The van der Waals surface area contributed by atoms with Crippen LogP contribution in [-0.2, 0) is 4.74 Å². The number of nitrogens with one attached hydrogen (secondary N) is 1. The smallest absolute Gasteiger partial charge is 0.255 e. The maximum atomic E-state index is 12.2. The molecule has 0 spiro atoms. The fraction of sp³-hybridized carbons (Fsp3) is 0.688. The average molecular weight is 310 g/mol. The molecule has 0 saturated carbocycles. The summed E-state index contributed by atoms with van der Waals surface area (Å²) >= 11 is 0. The van der Waals surface area contributed by atoms with Gasteiger partial charge in [0.2, 0.25) is 0 Å². The van der Waals surface area contributed by atoms with E-state index in [-0.39, 0.29) is 18.6 Å². The highest BCUT2D eigenvalue weighted by atomic mass is 16.5. The molecule has 0 aliphatic carbocycles. The Hall–Kier alpha value is -1.37. The highest BCUT2D eigenvalue weighted by molar-refractivity contribution is 5.95. The monoisotopic (exact) mass is 310 g/mol. The number of carbonyl (C=O) groups excluding carboxylic acids is 1. The van der Waals surface area contributed by atoms with Crippen LogP contribution in [-0.4, -0.2) is 61.4 Å². The van der Waals surface area contributed by atoms with Crippen molar-refractivity contribution in [3.05, 3.63) is 23.2 Å². The second-order valence-electron chi connectivity index (χ2n) is 5.75. The van der Waals surface area contributed by atoms with E-state index in [0.717, 1.165) is 38.2 Å². The quantitative estimate of drug-likeness (QED) is 0.738. The van der Waals surface area contributed by atoms with Crippen molar-refractivity contribution < 1.29 is 19.1 Å². The first-order valence-electron chi connectivity index (χ1n) is 7.89. The van der Waals surface area contributed by atoms with Crippen molar-refractivity contribution in [1.29, 1.82) is 0 Å². The lowest BCUT2D eigenvalue weighted by molar-refractivity contribution is 0.0657. The predicted molar refractivity (Wildman–Crippen MR) is 83.0 cm³/mol. The number of nitrogens with zero attached hydrogens (tertiary/aromatic N) is 1. The molecule has 1 saturated heterocycles. The van der Waals surface area contributed by atoms with E-state index in [1.807, 2.05) is 13.8 Å². The highest BCUT2D eigenvalue weighted by Crippen LogP contribution is 2.15. The minimum absolute atomic E-state index is 0.0425. The third-order valence-corrected chi connectivity index (χ3v) is 4.00. The number of rotatable bonds is 7. The predicted octanol–water partition coefficient (Wildman–Crippen LogP) is 1.10. The molecular weight excluding hydrogens is 284 g/mol. The Bertz CT molecular complexity index is 478. The van der Waals surface area contributed by atoms with Gasteiger partial charge in [0.1, 0.15) is 11.5 Å². The first-order chi connectivity index (χ1) is 10.6. The highest BCUT2D eigenvalue weighted by Gasteiger charge is 2.22. The number of ether oxygens (including phenoxy) is 1. The summed E-state index contributed by atoms with van der Waals surface area (Å²) in [5.41, 5.74) is 0.636. The normalized spacial score (nSPS) is 16.9. The second kappa shape index (κ2) is 8.31. The van der Waals surface area contributed by atoms with Gasteiger partial charge in [0, 0.05) is 25.7 Å². The standard InChI is InChI=1S/C16H26N2O4/c1-12-11-15(13(2)22-12)16(20)17-14-3-5-18(6-4-14)7-9-21-10-8-19/h11,14,19H,3-10H2,1-2H3,(H,17,20). The number of aliphatic hydroxyl groups is 1. The Morgan fingerprint density at radius 2 is 2.14 bits per heavy atom. The van der Waals surface area contributed by atoms with E-state index in [4.69, 9.17) is 14.3 Å². The molecule has 6 nitrogen and oxygen atoms in total. The lowest BCUT2D eigenvalue weighted by Gasteiger charge is -2.32. The maximum absolute atomic E-state index is 12.2. The minimum atomic E-state index is -0.0425. The summed E-state index contributed by atoms with van der Waals surface area (Å²) in [7, 11) is 0. The van der Waals surface area contributed by atoms with Gasteiger partial charge in [0.15, 0.2) is 0 Å². The van der Waals surface area contributed by atoms with Gasteiger partial charge in [0.25, 0.3) is 5.91 Å². The molecule has 0 atom stereocenters. The summed E-state index contributed by atoms with van der Waals surface area (Å²) in [6.45, 7) is 7.56. The molecule has 1 aliphatic rings. The number of furan rings is 1. The molecule has 0 unspecified atom stereocenters. The third kappa shape index (κ3) is 4.83. The zero-order valence-electron chi connectivity index (χ0n) is 13.4. The summed E-state index contributed by atoms with van der Waals surface area (Å²) in [6.07, 6.45) is 1.89. The van der Waals surface area contributed by atoms with Crippen LogP contribution in [0.3, 0.4) is 0 Å². The Morgan fingerprint density at radius 1 is 1.41 bits per heavy atom. The number of hydrogen-bond donors (Lipinski definition) is 2. The number of aliphatic hydroxyl groups excluding tert-OH is 1. The van der Waals surface area contributed by atoms with Gasteiger partial charge in [0.05, 0.1) is 25.4 Å². The molecule has 2 rings (SSSR count). The van der Waals surface area contributed by atoms with Gasteiger partial charge in [-0.1, -0.05) is 0 Å². The van der Waals surface area contributed by atoms with Crippen LogP contribution in [0.5, 0.6) is 0 Å². The van der Waals surface area contributed by atoms with Crippen LogP contribution >= 0.6 is 0 Å². The van der Waals surface area contributed by atoms with Crippen molar-refractivity contribution in [2.75, 3.05) is 39.5 Å². The summed E-state index contributed by atoms with van der Waals surface area (Å²) < 4.78 is 10.7. The van der Waals surface area contributed by atoms with E-state index >= 15 is 0 Å². The Labute approximate surface area is 131 Å². The van der Waals surface area contributed by atoms with E-state index < -0.39 is 0 Å². The Kier molecular flexibility index (Phi) is 6.42. The van der Waals surface area contributed by atoms with Gasteiger partial charge in [-0.25, -0.2) is 0 Å². The first-order valence-corrected chi connectivity index (χ1v) is 7.89. The second-order valence-corrected chi connectivity index (χ2v) is 5.75. The van der Waals surface area contributed by atoms with Crippen molar-refractivity contribution in [3.8, 4) is 0 Å². The molecule has 0 bridgehead atoms. The molecule has 1 amide bonds. The van der Waals surface area contributed by atoms with Crippen LogP contribution in [0.15, 0.2) is 10.5 Å². The van der Waals surface area contributed by atoms with E-state index in [1.165, 1.54) is 0 Å². The lowest BCUT2D eigenvalue weighted by Crippen LogP contribution is -2.45. The fourth-order valence-electron chi connectivity index (χ4n) is 2.78. The summed E-state index contributed by atoms with van der Waals surface area (Å²) in [4.78, 5) is 14.6. The number of aryl methyl sites for hydroxylation is 2. The SMILES string of the molecule is Cc1cc(C(=O)NC2CCN(CCOCCO)CC2)c(C)o1. The number of piperidine rings is 1. The minimum Gasteiger partial charge on any atom is -0.466 e. The molecule has 0 radical (unpaired) electrons. The molecule has 2 heterocycles. The molecular formula is C16H26N2O4. The van der Waals surface area contributed by atoms with Gasteiger partial charge >= 0.3 is 0 Å². The number of amides is 1. The largest absolute Gasteiger partial charge is 0.466 e. The summed E-state index contributed by atoms with van der Waals surface area (Å²) in [6, 6.07) is 2.01. The van der Waals surface area contributed by atoms with Crippen LogP contribution in [0, 0.1) is 13.8 Å². The molecule has 1 fully saturated rings. The average Bonchev–Trinajstić information content (AvgIpc) is 2.84. The number of likely N-dealkylation sites (tertiary alicyclic amines) is 1. The summed E-state index contributed by atoms with van der Waals surface area (Å²) in [5, 5.41) is 11.7. The Balaban J connectivity index is 1.71. The Morgan fingerprint density at radius 3 is 2.73 bits per heavy atom. The van der Waals surface area contributed by atoms with Gasteiger partial charge in [-0.15, -0.1) is 0 Å². The van der Waals surface area contributed by atoms with Crippen LogP contribution in [0.25, 0.3) is 0 Å². The van der Waals surface area contributed by atoms with Gasteiger partial charge < -0.3 is 24.5 Å². The van der Waals surface area contributed by atoms with Crippen LogP contribution in [0.1, 0.15) is 34.7 Å². The van der Waals surface area contributed by atoms with Crippen molar-refractivity contribution in [3.63, 3.8) is 0 Å². The van der Waals surface area contributed by atoms with Crippen molar-refractivity contribution in [2.24, 2.45) is 0 Å². The van der Waals surface area contributed by atoms with Gasteiger partial charge in [-0.05, 0) is 32.8 Å². The molecule has 1 aliphatic heterocycles. The van der Waals surface area contributed by atoms with Crippen LogP contribution < -0.4 is 5.32 Å². The van der Waals surface area contributed by atoms with Gasteiger partial charge in [-0.2, -0.15) is 0 Å². The topological polar surface area (TPSA) is 74.9 Å². The zero-order valence-corrected chi connectivity index (χ0v) is 13.4. The van der Waals surface area contributed by atoms with Crippen molar-refractivity contribution in [1.82, 2.24) is 10.2 Å². The van der Waals surface area contributed by atoms with E-state index in [0.29, 0.717) is 24.5 Å². The third-order valence-electron chi connectivity index (χ3n) is 4.00.